The summed E-state index contributed by atoms with van der Waals surface area (Å²) < 4.78 is 18.5. The lowest BCUT2D eigenvalue weighted by Crippen LogP contribution is -2.41. The Morgan fingerprint density at radius 2 is 1.85 bits per heavy atom. The summed E-state index contributed by atoms with van der Waals surface area (Å²) in [5, 5.41) is 2.78. The Hall–Kier alpha value is -1.38. The summed E-state index contributed by atoms with van der Waals surface area (Å²) >= 11 is 3.42. The second-order valence-electron chi connectivity index (χ2n) is 8.60. The summed E-state index contributed by atoms with van der Waals surface area (Å²) in [5.74, 6) is 0. The van der Waals surface area contributed by atoms with E-state index >= 15 is 0 Å². The zero-order chi connectivity index (χ0) is 20.5. The van der Waals surface area contributed by atoms with Crippen molar-refractivity contribution in [2.75, 3.05) is 6.54 Å². The molecule has 1 saturated heterocycles. The quantitative estimate of drug-likeness (QED) is 0.706. The molecule has 2 rings (SSSR count). The van der Waals surface area contributed by atoms with Crippen molar-refractivity contribution in [1.82, 2.24) is 10.3 Å². The lowest BCUT2D eigenvalue weighted by Gasteiger charge is -2.32. The molecule has 1 fully saturated rings. The predicted octanol–water partition coefficient (Wildman–Crippen LogP) is 4.38. The molecule has 0 atom stereocenters. The highest BCUT2D eigenvalue weighted by molar-refractivity contribution is 9.10. The van der Waals surface area contributed by atoms with E-state index in [0.717, 1.165) is 15.5 Å². The monoisotopic (exact) mass is 438 g/mol. The van der Waals surface area contributed by atoms with Gasteiger partial charge in [0.1, 0.15) is 5.60 Å². The van der Waals surface area contributed by atoms with Gasteiger partial charge in [-0.3, -0.25) is 4.98 Å². The summed E-state index contributed by atoms with van der Waals surface area (Å²) in [5.41, 5.74) is 0.141. The summed E-state index contributed by atoms with van der Waals surface area (Å²) in [4.78, 5) is 16.3. The number of rotatable bonds is 4. The summed E-state index contributed by atoms with van der Waals surface area (Å²) in [6.07, 6.45) is 4.88. The Labute approximate surface area is 170 Å². The van der Waals surface area contributed by atoms with Crippen LogP contribution in [-0.4, -0.2) is 41.5 Å². The fourth-order valence-electron chi connectivity index (χ4n) is 2.41. The maximum Gasteiger partial charge on any atom is 0.492 e. The molecule has 0 aliphatic carbocycles. The number of nitrogens with zero attached hydrogens (tertiary/aromatic N) is 1. The highest BCUT2D eigenvalue weighted by atomic mass is 79.9. The molecule has 1 N–H and O–H groups in total. The molecular weight excluding hydrogens is 411 g/mol. The van der Waals surface area contributed by atoms with Gasteiger partial charge in [-0.15, -0.1) is 0 Å². The molecule has 0 radical (unpaired) electrons. The number of amides is 1. The maximum atomic E-state index is 12.1. The van der Waals surface area contributed by atoms with E-state index in [2.05, 4.69) is 26.2 Å². The smallest absolute Gasteiger partial charge is 0.444 e. The summed E-state index contributed by atoms with van der Waals surface area (Å²) in [6.45, 7) is 13.7. The Morgan fingerprint density at radius 1 is 1.26 bits per heavy atom. The molecule has 0 bridgehead atoms. The van der Waals surface area contributed by atoms with Crippen molar-refractivity contribution in [2.24, 2.45) is 0 Å². The van der Waals surface area contributed by atoms with Crippen LogP contribution in [0.3, 0.4) is 0 Å². The van der Waals surface area contributed by atoms with Gasteiger partial charge in [-0.25, -0.2) is 4.79 Å². The number of aromatic nitrogens is 1. The average Bonchev–Trinajstić information content (AvgIpc) is 2.70. The molecule has 0 spiro atoms. The standard InChI is InChI=1S/C19H28BBrN2O4/c1-17(2,3)25-16(24)23-11-14(8-13-9-15(21)12-22-10-13)20-26-18(4,5)19(6,7)27-20/h8-10,12H,11H2,1-7H3,(H,23,24). The maximum absolute atomic E-state index is 12.1. The van der Waals surface area contributed by atoms with Crippen LogP contribution >= 0.6 is 15.9 Å². The van der Waals surface area contributed by atoms with Gasteiger partial charge in [0.2, 0.25) is 0 Å². The SMILES string of the molecule is CC(C)(C)OC(=O)NCC(=Cc1cncc(Br)c1)B1OC(C)(C)C(C)(C)O1. The highest BCUT2D eigenvalue weighted by Crippen LogP contribution is 2.38. The molecule has 27 heavy (non-hydrogen) atoms. The minimum absolute atomic E-state index is 0.234. The van der Waals surface area contributed by atoms with Crippen molar-refractivity contribution in [2.45, 2.75) is 65.3 Å². The van der Waals surface area contributed by atoms with Gasteiger partial charge in [-0.1, -0.05) is 6.08 Å². The molecule has 148 valence electrons. The molecule has 0 saturated carbocycles. The normalized spacial score (nSPS) is 19.1. The average molecular weight is 439 g/mol. The van der Waals surface area contributed by atoms with E-state index in [1.807, 2.05) is 60.6 Å². The van der Waals surface area contributed by atoms with Crippen LogP contribution in [0.4, 0.5) is 4.79 Å². The van der Waals surface area contributed by atoms with Crippen molar-refractivity contribution in [3.05, 3.63) is 34.0 Å². The Bertz CT molecular complexity index is 713. The zero-order valence-electron chi connectivity index (χ0n) is 17.1. The van der Waals surface area contributed by atoms with Gasteiger partial charge in [0.25, 0.3) is 0 Å². The van der Waals surface area contributed by atoms with E-state index in [1.54, 1.807) is 12.4 Å². The molecule has 6 nitrogen and oxygen atoms in total. The van der Waals surface area contributed by atoms with Crippen molar-refractivity contribution >= 4 is 35.2 Å². The second kappa shape index (κ2) is 7.93. The Kier molecular flexibility index (Phi) is 6.44. The van der Waals surface area contributed by atoms with Gasteiger partial charge in [-0.2, -0.15) is 0 Å². The molecule has 2 heterocycles. The van der Waals surface area contributed by atoms with Gasteiger partial charge in [0.15, 0.2) is 0 Å². The first-order valence-corrected chi connectivity index (χ1v) is 9.72. The minimum Gasteiger partial charge on any atom is -0.444 e. The number of alkyl carbamates (subject to hydrolysis) is 1. The number of hydrogen-bond donors (Lipinski definition) is 1. The Morgan fingerprint density at radius 3 is 2.37 bits per heavy atom. The van der Waals surface area contributed by atoms with Gasteiger partial charge in [0.05, 0.1) is 11.2 Å². The molecule has 0 aromatic carbocycles. The van der Waals surface area contributed by atoms with E-state index in [-0.39, 0.29) is 6.54 Å². The second-order valence-corrected chi connectivity index (χ2v) is 9.52. The van der Waals surface area contributed by atoms with Gasteiger partial charge >= 0.3 is 13.2 Å². The number of carbonyl (C=O) groups is 1. The van der Waals surface area contributed by atoms with Crippen LogP contribution in [0.25, 0.3) is 6.08 Å². The topological polar surface area (TPSA) is 69.7 Å². The van der Waals surface area contributed by atoms with Gasteiger partial charge < -0.3 is 19.4 Å². The first-order valence-electron chi connectivity index (χ1n) is 8.93. The fraction of sp³-hybridized carbons (Fsp3) is 0.579. The van der Waals surface area contributed by atoms with Crippen molar-refractivity contribution < 1.29 is 18.8 Å². The van der Waals surface area contributed by atoms with Crippen LogP contribution < -0.4 is 5.32 Å². The molecule has 1 amide bonds. The summed E-state index contributed by atoms with van der Waals surface area (Å²) in [7, 11) is -0.580. The van der Waals surface area contributed by atoms with E-state index in [1.165, 1.54) is 0 Å². The van der Waals surface area contributed by atoms with Crippen LogP contribution in [-0.2, 0) is 14.0 Å². The van der Waals surface area contributed by atoms with Crippen molar-refractivity contribution in [3.63, 3.8) is 0 Å². The molecule has 0 unspecified atom stereocenters. The van der Waals surface area contributed by atoms with E-state index < -0.39 is 30.0 Å². The molecule has 1 aromatic rings. The van der Waals surface area contributed by atoms with Gasteiger partial charge in [0, 0.05) is 23.4 Å². The van der Waals surface area contributed by atoms with Gasteiger partial charge in [-0.05, 0) is 81.5 Å². The first-order chi connectivity index (χ1) is 12.3. The number of halogens is 1. The number of nitrogens with one attached hydrogen (secondary N) is 1. The first kappa shape index (κ1) is 21.9. The number of ether oxygens (including phenoxy) is 1. The van der Waals surface area contributed by atoms with Crippen LogP contribution in [0.5, 0.6) is 0 Å². The molecule has 1 aliphatic heterocycles. The zero-order valence-corrected chi connectivity index (χ0v) is 18.6. The third kappa shape index (κ3) is 6.06. The largest absolute Gasteiger partial charge is 0.492 e. The third-order valence-corrected chi connectivity index (χ3v) is 4.90. The van der Waals surface area contributed by atoms with E-state index in [4.69, 9.17) is 14.0 Å². The third-order valence-electron chi connectivity index (χ3n) is 4.47. The van der Waals surface area contributed by atoms with Crippen LogP contribution in [0, 0.1) is 0 Å². The molecule has 1 aromatic heterocycles. The minimum atomic E-state index is -0.580. The Balaban J connectivity index is 2.23. The number of carbonyl (C=O) groups excluding carboxylic acids is 1. The lowest BCUT2D eigenvalue weighted by molar-refractivity contribution is 0.00578. The molecule has 8 heteroatoms. The predicted molar refractivity (Wildman–Crippen MR) is 110 cm³/mol. The van der Waals surface area contributed by atoms with E-state index in [9.17, 15) is 4.79 Å². The highest BCUT2D eigenvalue weighted by Gasteiger charge is 2.52. The fourth-order valence-corrected chi connectivity index (χ4v) is 2.79. The lowest BCUT2D eigenvalue weighted by atomic mass is 9.77. The van der Waals surface area contributed by atoms with Crippen molar-refractivity contribution in [3.8, 4) is 0 Å². The number of pyridine rings is 1. The molecular formula is C19H28BBrN2O4. The number of hydrogen-bond acceptors (Lipinski definition) is 5. The van der Waals surface area contributed by atoms with Crippen LogP contribution in [0.15, 0.2) is 28.4 Å². The van der Waals surface area contributed by atoms with Crippen LogP contribution in [0.1, 0.15) is 54.0 Å². The van der Waals surface area contributed by atoms with Crippen molar-refractivity contribution in [1.29, 1.82) is 0 Å². The van der Waals surface area contributed by atoms with E-state index in [0.29, 0.717) is 0 Å². The van der Waals surface area contributed by atoms with Crippen LogP contribution in [0.2, 0.25) is 0 Å². The molecule has 1 aliphatic rings. The summed E-state index contributed by atoms with van der Waals surface area (Å²) in [6, 6.07) is 1.94.